The van der Waals surface area contributed by atoms with Gasteiger partial charge in [0, 0.05) is 32.4 Å². The first-order chi connectivity index (χ1) is 10.1. The van der Waals surface area contributed by atoms with E-state index in [1.807, 2.05) is 13.0 Å². The van der Waals surface area contributed by atoms with Crippen LogP contribution in [0.2, 0.25) is 5.15 Å². The van der Waals surface area contributed by atoms with Gasteiger partial charge in [0.2, 0.25) is 0 Å². The molecule has 112 valence electrons. The van der Waals surface area contributed by atoms with Crippen LogP contribution in [0, 0.1) is 16.0 Å². The highest BCUT2D eigenvalue weighted by Gasteiger charge is 2.40. The summed E-state index contributed by atoms with van der Waals surface area (Å²) < 4.78 is 0. The van der Waals surface area contributed by atoms with Crippen LogP contribution in [-0.4, -0.2) is 39.3 Å². The Bertz CT molecular complexity index is 587. The van der Waals surface area contributed by atoms with E-state index in [9.17, 15) is 10.1 Å². The predicted molar refractivity (Wildman–Crippen MR) is 79.0 cm³/mol. The van der Waals surface area contributed by atoms with E-state index in [-0.39, 0.29) is 10.8 Å². The fraction of sp³-hybridized carbons (Fsp3) is 0.500. The Hall–Kier alpha value is -1.82. The lowest BCUT2D eigenvalue weighted by Gasteiger charge is -2.30. The molecule has 7 heteroatoms. The lowest BCUT2D eigenvalue weighted by atomic mass is 10.00. The van der Waals surface area contributed by atoms with Gasteiger partial charge in [0.05, 0.1) is 10.8 Å². The summed E-state index contributed by atoms with van der Waals surface area (Å²) in [5, 5.41) is 11.9. The van der Waals surface area contributed by atoms with Gasteiger partial charge in [-0.25, -0.2) is 4.98 Å². The van der Waals surface area contributed by atoms with Crippen LogP contribution in [0.1, 0.15) is 18.9 Å². The molecule has 1 saturated heterocycles. The molecule has 2 aliphatic rings. The van der Waals surface area contributed by atoms with Gasteiger partial charge in [-0.15, -0.1) is 0 Å². The zero-order valence-electron chi connectivity index (χ0n) is 11.8. The predicted octanol–water partition coefficient (Wildman–Crippen LogP) is 2.34. The smallest absolute Gasteiger partial charge is 0.288 e. The van der Waals surface area contributed by atoms with Gasteiger partial charge in [-0.05, 0) is 18.1 Å². The molecule has 0 aromatic carbocycles. The first kappa shape index (κ1) is 14.1. The van der Waals surface area contributed by atoms with E-state index in [0.717, 1.165) is 37.4 Å². The summed E-state index contributed by atoms with van der Waals surface area (Å²) in [4.78, 5) is 19.5. The Balaban J connectivity index is 1.90. The first-order valence-electron chi connectivity index (χ1n) is 7.05. The number of hydrogen-bond acceptors (Lipinski definition) is 5. The summed E-state index contributed by atoms with van der Waals surface area (Å²) in [6, 6.07) is 3.66. The Morgan fingerprint density at radius 3 is 2.90 bits per heavy atom. The third kappa shape index (κ3) is 2.68. The third-order valence-corrected chi connectivity index (χ3v) is 4.35. The highest BCUT2D eigenvalue weighted by atomic mass is 35.5. The number of aromatic nitrogens is 1. The van der Waals surface area contributed by atoms with Gasteiger partial charge in [0.1, 0.15) is 5.15 Å². The number of fused-ring (bicyclic) bond motifs is 1. The fourth-order valence-corrected chi connectivity index (χ4v) is 3.15. The van der Waals surface area contributed by atoms with Crippen molar-refractivity contribution in [3.63, 3.8) is 0 Å². The van der Waals surface area contributed by atoms with E-state index in [0.29, 0.717) is 17.4 Å². The summed E-state index contributed by atoms with van der Waals surface area (Å²) in [6.45, 7) is 5.11. The van der Waals surface area contributed by atoms with Crippen molar-refractivity contribution in [2.24, 2.45) is 5.92 Å². The molecule has 0 saturated carbocycles. The molecule has 0 bridgehead atoms. The van der Waals surface area contributed by atoms with Crippen LogP contribution in [0.5, 0.6) is 0 Å². The maximum absolute atomic E-state index is 11.4. The Morgan fingerprint density at radius 2 is 2.24 bits per heavy atom. The van der Waals surface area contributed by atoms with Crippen molar-refractivity contribution in [3.8, 4) is 0 Å². The van der Waals surface area contributed by atoms with Gasteiger partial charge in [0.25, 0.3) is 5.70 Å². The minimum absolute atomic E-state index is 0.00445. The molecule has 1 unspecified atom stereocenters. The van der Waals surface area contributed by atoms with E-state index < -0.39 is 0 Å². The minimum Gasteiger partial charge on any atom is -0.351 e. The molecule has 3 rings (SSSR count). The Labute approximate surface area is 128 Å². The molecule has 1 atom stereocenters. The molecule has 0 spiro atoms. The van der Waals surface area contributed by atoms with Crippen molar-refractivity contribution in [1.29, 1.82) is 0 Å². The highest BCUT2D eigenvalue weighted by Crippen LogP contribution is 2.33. The summed E-state index contributed by atoms with van der Waals surface area (Å²) >= 11 is 5.79. The maximum Gasteiger partial charge on any atom is 0.288 e. The van der Waals surface area contributed by atoms with E-state index in [1.54, 1.807) is 12.3 Å². The molecule has 1 aromatic rings. The molecular formula is C14H17ClN4O2. The van der Waals surface area contributed by atoms with Crippen LogP contribution in [0.4, 0.5) is 0 Å². The quantitative estimate of drug-likeness (QED) is 0.487. The summed E-state index contributed by atoms with van der Waals surface area (Å²) in [7, 11) is 0. The fourth-order valence-electron chi connectivity index (χ4n) is 3.04. The molecule has 0 amide bonds. The van der Waals surface area contributed by atoms with E-state index >= 15 is 0 Å². The number of allylic oxidation sites excluding steroid dienone is 1. The molecule has 6 nitrogen and oxygen atoms in total. The molecule has 0 N–H and O–H groups in total. The second-order valence-corrected chi connectivity index (χ2v) is 5.94. The normalized spacial score (nSPS) is 21.7. The van der Waals surface area contributed by atoms with Gasteiger partial charge in [-0.2, -0.15) is 0 Å². The van der Waals surface area contributed by atoms with Gasteiger partial charge < -0.3 is 9.80 Å². The van der Waals surface area contributed by atoms with E-state index in [2.05, 4.69) is 14.8 Å². The molecule has 21 heavy (non-hydrogen) atoms. The zero-order chi connectivity index (χ0) is 15.0. The average molecular weight is 309 g/mol. The molecule has 1 aromatic heterocycles. The minimum atomic E-state index is -0.218. The van der Waals surface area contributed by atoms with E-state index in [1.165, 1.54) is 0 Å². The van der Waals surface area contributed by atoms with Gasteiger partial charge >= 0.3 is 0 Å². The van der Waals surface area contributed by atoms with Crippen LogP contribution < -0.4 is 0 Å². The summed E-state index contributed by atoms with van der Waals surface area (Å²) in [5.41, 5.74) is 1.36. The van der Waals surface area contributed by atoms with Crippen molar-refractivity contribution < 1.29 is 4.92 Å². The monoisotopic (exact) mass is 308 g/mol. The third-order valence-electron chi connectivity index (χ3n) is 4.13. The largest absolute Gasteiger partial charge is 0.351 e. The number of pyridine rings is 1. The van der Waals surface area contributed by atoms with Crippen LogP contribution in [0.25, 0.3) is 0 Å². The van der Waals surface area contributed by atoms with Crippen molar-refractivity contribution in [1.82, 2.24) is 14.8 Å². The first-order valence-corrected chi connectivity index (χ1v) is 7.43. The second kappa shape index (κ2) is 5.52. The summed E-state index contributed by atoms with van der Waals surface area (Å²) in [5.74, 6) is 0.781. The van der Waals surface area contributed by atoms with Crippen LogP contribution in [-0.2, 0) is 6.54 Å². The van der Waals surface area contributed by atoms with Crippen molar-refractivity contribution in [2.45, 2.75) is 19.9 Å². The Morgan fingerprint density at radius 1 is 1.43 bits per heavy atom. The molecule has 2 aliphatic heterocycles. The molecule has 1 fully saturated rings. The average Bonchev–Trinajstić information content (AvgIpc) is 2.84. The number of halogens is 1. The topological polar surface area (TPSA) is 62.5 Å². The van der Waals surface area contributed by atoms with Crippen LogP contribution in [0.3, 0.4) is 0 Å². The number of rotatable bonds is 3. The highest BCUT2D eigenvalue weighted by molar-refractivity contribution is 6.29. The zero-order valence-corrected chi connectivity index (χ0v) is 12.6. The number of nitrogens with zero attached hydrogens (tertiary/aromatic N) is 4. The SMILES string of the molecule is CC1CCN2CCN(Cc3ccc(Cl)nc3)C2=C1[N+](=O)[O-]. The van der Waals surface area contributed by atoms with Crippen LogP contribution >= 0.6 is 11.6 Å². The molecule has 3 heterocycles. The lowest BCUT2D eigenvalue weighted by molar-refractivity contribution is -0.438. The standard InChI is InChI=1S/C14H17ClN4O2/c1-10-4-5-17-6-7-18(14(17)13(10)19(20)21)9-11-2-3-12(15)16-8-11/h2-3,8,10H,4-7,9H2,1H3. The van der Waals surface area contributed by atoms with Gasteiger partial charge in [-0.3, -0.25) is 10.1 Å². The molecular weight excluding hydrogens is 292 g/mol. The Kier molecular flexibility index (Phi) is 3.71. The van der Waals surface area contributed by atoms with Crippen molar-refractivity contribution in [3.05, 3.63) is 50.7 Å². The number of nitro groups is 1. The molecule has 0 aliphatic carbocycles. The van der Waals surface area contributed by atoms with Crippen molar-refractivity contribution >= 4 is 11.6 Å². The maximum atomic E-state index is 11.4. The lowest BCUT2D eigenvalue weighted by Crippen LogP contribution is -2.34. The van der Waals surface area contributed by atoms with Gasteiger partial charge in [-0.1, -0.05) is 24.6 Å². The van der Waals surface area contributed by atoms with Gasteiger partial charge in [0.15, 0.2) is 5.82 Å². The molecule has 0 radical (unpaired) electrons. The van der Waals surface area contributed by atoms with E-state index in [4.69, 9.17) is 11.6 Å². The van der Waals surface area contributed by atoms with Crippen LogP contribution in [0.15, 0.2) is 29.8 Å². The second-order valence-electron chi connectivity index (χ2n) is 5.55. The number of hydrogen-bond donors (Lipinski definition) is 0. The summed E-state index contributed by atoms with van der Waals surface area (Å²) in [6.07, 6.45) is 2.57. The van der Waals surface area contributed by atoms with Crippen molar-refractivity contribution in [2.75, 3.05) is 19.6 Å².